The zero-order valence-corrected chi connectivity index (χ0v) is 8.95. The Morgan fingerprint density at radius 3 is 2.67 bits per heavy atom. The van der Waals surface area contributed by atoms with Crippen molar-refractivity contribution in [1.29, 1.82) is 5.26 Å². The van der Waals surface area contributed by atoms with Gasteiger partial charge in [0.1, 0.15) is 11.6 Å². The van der Waals surface area contributed by atoms with Gasteiger partial charge in [0.2, 0.25) is 0 Å². The van der Waals surface area contributed by atoms with Gasteiger partial charge in [-0.3, -0.25) is 0 Å². The van der Waals surface area contributed by atoms with Crippen LogP contribution in [0.3, 0.4) is 0 Å². The molecule has 0 heterocycles. The van der Waals surface area contributed by atoms with Gasteiger partial charge in [0, 0.05) is 10.3 Å². The molecule has 0 atom stereocenters. The van der Waals surface area contributed by atoms with E-state index in [2.05, 4.69) is 4.74 Å². The maximum Gasteiger partial charge on any atom is 0.349 e. The smallest absolute Gasteiger partial charge is 0.349 e. The van der Waals surface area contributed by atoms with Crippen molar-refractivity contribution in [3.8, 4) is 6.07 Å². The summed E-state index contributed by atoms with van der Waals surface area (Å²) in [6, 6.07) is 11.3. The van der Waals surface area contributed by atoms with E-state index in [4.69, 9.17) is 5.26 Å². The zero-order valence-electron chi connectivity index (χ0n) is 8.14. The van der Waals surface area contributed by atoms with E-state index in [1.54, 1.807) is 6.07 Å². The quantitative estimate of drug-likeness (QED) is 0.339. The number of rotatable bonds is 3. The van der Waals surface area contributed by atoms with Gasteiger partial charge in [0.25, 0.3) is 0 Å². The van der Waals surface area contributed by atoms with E-state index in [9.17, 15) is 4.79 Å². The molecule has 0 amide bonds. The van der Waals surface area contributed by atoms with Crippen molar-refractivity contribution in [1.82, 2.24) is 0 Å². The molecule has 15 heavy (non-hydrogen) atoms. The van der Waals surface area contributed by atoms with E-state index < -0.39 is 5.97 Å². The van der Waals surface area contributed by atoms with Crippen LogP contribution in [-0.4, -0.2) is 13.1 Å². The van der Waals surface area contributed by atoms with Gasteiger partial charge in [-0.05, 0) is 12.1 Å². The molecule has 76 valence electrons. The number of methoxy groups -OCH3 is 1. The van der Waals surface area contributed by atoms with Crippen molar-refractivity contribution in [2.24, 2.45) is 0 Å². The topological polar surface area (TPSA) is 50.1 Å². The molecule has 0 unspecified atom stereocenters. The molecule has 0 aromatic heterocycles. The first-order valence-electron chi connectivity index (χ1n) is 4.18. The van der Waals surface area contributed by atoms with Crippen molar-refractivity contribution in [2.75, 3.05) is 7.11 Å². The van der Waals surface area contributed by atoms with Crippen molar-refractivity contribution in [3.05, 3.63) is 41.3 Å². The first kappa shape index (κ1) is 11.3. The molecule has 0 N–H and O–H groups in total. The molecule has 0 radical (unpaired) electrons. The van der Waals surface area contributed by atoms with Crippen LogP contribution in [0.2, 0.25) is 0 Å². The number of thioether (sulfide) groups is 1. The largest absolute Gasteiger partial charge is 0.465 e. The van der Waals surface area contributed by atoms with Crippen LogP contribution in [0, 0.1) is 11.3 Å². The summed E-state index contributed by atoms with van der Waals surface area (Å²) in [6.07, 6.45) is 0. The van der Waals surface area contributed by atoms with Crippen molar-refractivity contribution < 1.29 is 9.53 Å². The van der Waals surface area contributed by atoms with Crippen molar-refractivity contribution in [2.45, 2.75) is 4.90 Å². The van der Waals surface area contributed by atoms with Crippen LogP contribution < -0.4 is 0 Å². The van der Waals surface area contributed by atoms with Crippen LogP contribution in [0.25, 0.3) is 0 Å². The van der Waals surface area contributed by atoms with Gasteiger partial charge < -0.3 is 4.74 Å². The lowest BCUT2D eigenvalue weighted by Crippen LogP contribution is -2.01. The maximum absolute atomic E-state index is 11.0. The van der Waals surface area contributed by atoms with Gasteiger partial charge in [-0.1, -0.05) is 30.0 Å². The second-order valence-corrected chi connectivity index (χ2v) is 3.51. The van der Waals surface area contributed by atoms with Gasteiger partial charge in [-0.2, -0.15) is 5.26 Å². The number of benzene rings is 1. The standard InChI is InChI=1S/C11H9NO2S/c1-14-11(13)9(7-12)8-15-10-5-3-2-4-6-10/h2-6,8H,1H3/b9-8+. The molecular weight excluding hydrogens is 210 g/mol. The third-order valence-electron chi connectivity index (χ3n) is 1.58. The average molecular weight is 219 g/mol. The third kappa shape index (κ3) is 3.49. The summed E-state index contributed by atoms with van der Waals surface area (Å²) in [5, 5.41) is 10.2. The Bertz CT molecular complexity index is 406. The summed E-state index contributed by atoms with van der Waals surface area (Å²) >= 11 is 1.31. The maximum atomic E-state index is 11.0. The fourth-order valence-electron chi connectivity index (χ4n) is 0.856. The van der Waals surface area contributed by atoms with Gasteiger partial charge >= 0.3 is 5.97 Å². The molecule has 0 bridgehead atoms. The predicted molar refractivity (Wildman–Crippen MR) is 58.0 cm³/mol. The number of esters is 1. The minimum atomic E-state index is -0.610. The summed E-state index contributed by atoms with van der Waals surface area (Å²) in [6.45, 7) is 0. The lowest BCUT2D eigenvalue weighted by molar-refractivity contribution is -0.135. The lowest BCUT2D eigenvalue weighted by atomic mass is 10.3. The number of hydrogen-bond acceptors (Lipinski definition) is 4. The number of hydrogen-bond donors (Lipinski definition) is 0. The molecule has 0 saturated carbocycles. The molecule has 4 heteroatoms. The molecule has 1 rings (SSSR count). The third-order valence-corrected chi connectivity index (χ3v) is 2.48. The van der Waals surface area contributed by atoms with Crippen LogP contribution in [0.15, 0.2) is 46.2 Å². The number of ether oxygens (including phenoxy) is 1. The lowest BCUT2D eigenvalue weighted by Gasteiger charge is -1.96. The summed E-state index contributed by atoms with van der Waals surface area (Å²) < 4.78 is 4.45. The number of nitriles is 1. The highest BCUT2D eigenvalue weighted by atomic mass is 32.2. The van der Waals surface area contributed by atoms with Gasteiger partial charge in [-0.15, -0.1) is 0 Å². The molecule has 3 nitrogen and oxygen atoms in total. The predicted octanol–water partition coefficient (Wildman–Crippen LogP) is 2.36. The molecule has 1 aromatic rings. The highest BCUT2D eigenvalue weighted by Gasteiger charge is 2.07. The fourth-order valence-corrected chi connectivity index (χ4v) is 1.57. The average Bonchev–Trinajstić information content (AvgIpc) is 2.31. The fraction of sp³-hybridized carbons (Fsp3) is 0.0909. The van der Waals surface area contributed by atoms with Crippen LogP contribution in [-0.2, 0) is 9.53 Å². The highest BCUT2D eigenvalue weighted by Crippen LogP contribution is 2.20. The van der Waals surface area contributed by atoms with E-state index in [-0.39, 0.29) is 5.57 Å². The normalized spacial score (nSPS) is 10.5. The Labute approximate surface area is 92.4 Å². The molecule has 0 fully saturated rings. The van der Waals surface area contributed by atoms with E-state index >= 15 is 0 Å². The monoisotopic (exact) mass is 219 g/mol. The van der Waals surface area contributed by atoms with Crippen molar-refractivity contribution >= 4 is 17.7 Å². The molecule has 0 saturated heterocycles. The molecule has 0 aliphatic heterocycles. The van der Waals surface area contributed by atoms with E-state index in [1.165, 1.54) is 24.3 Å². The number of carbonyl (C=O) groups is 1. The van der Waals surface area contributed by atoms with E-state index in [1.807, 2.05) is 30.3 Å². The molecule has 0 aliphatic rings. The Morgan fingerprint density at radius 1 is 1.47 bits per heavy atom. The molecule has 0 spiro atoms. The van der Waals surface area contributed by atoms with E-state index in [0.717, 1.165) is 4.90 Å². The SMILES string of the molecule is COC(=O)/C(C#N)=C/Sc1ccccc1. The Kier molecular flexibility index (Phi) is 4.45. The molecular formula is C11H9NO2S. The summed E-state index contributed by atoms with van der Waals surface area (Å²) in [5.74, 6) is -0.610. The minimum Gasteiger partial charge on any atom is -0.465 e. The van der Waals surface area contributed by atoms with Gasteiger partial charge in [-0.25, -0.2) is 4.79 Å². The van der Waals surface area contributed by atoms with Crippen molar-refractivity contribution in [3.63, 3.8) is 0 Å². The Hall–Kier alpha value is -1.73. The van der Waals surface area contributed by atoms with Gasteiger partial charge in [0.05, 0.1) is 7.11 Å². The summed E-state index contributed by atoms with van der Waals surface area (Å²) in [5.41, 5.74) is 0.00588. The zero-order chi connectivity index (χ0) is 11.1. The van der Waals surface area contributed by atoms with Crippen LogP contribution in [0.4, 0.5) is 0 Å². The molecule has 0 aliphatic carbocycles. The van der Waals surface area contributed by atoms with Crippen LogP contribution in [0.5, 0.6) is 0 Å². The van der Waals surface area contributed by atoms with Crippen LogP contribution >= 0.6 is 11.8 Å². The minimum absolute atomic E-state index is 0.00588. The second-order valence-electron chi connectivity index (χ2n) is 2.57. The first-order chi connectivity index (χ1) is 7.27. The van der Waals surface area contributed by atoms with Crippen LogP contribution in [0.1, 0.15) is 0 Å². The first-order valence-corrected chi connectivity index (χ1v) is 5.06. The van der Waals surface area contributed by atoms with Gasteiger partial charge in [0.15, 0.2) is 0 Å². The highest BCUT2D eigenvalue weighted by molar-refractivity contribution is 8.02. The summed E-state index contributed by atoms with van der Waals surface area (Å²) in [4.78, 5) is 12.0. The Balaban J connectivity index is 2.72. The number of nitrogens with zero attached hydrogens (tertiary/aromatic N) is 1. The second kappa shape index (κ2) is 5.89. The van der Waals surface area contributed by atoms with E-state index in [0.29, 0.717) is 0 Å². The molecule has 1 aromatic carbocycles. The summed E-state index contributed by atoms with van der Waals surface area (Å²) in [7, 11) is 1.25. The number of carbonyl (C=O) groups excluding carboxylic acids is 1. The Morgan fingerprint density at radius 2 is 2.13 bits per heavy atom.